The lowest BCUT2D eigenvalue weighted by molar-refractivity contribution is -0.160. The number of Topliss-reactive ketones (excluding diaryl/α,β-unsaturated/α-hetero) is 1. The van der Waals surface area contributed by atoms with Crippen molar-refractivity contribution in [2.75, 3.05) is 0 Å². The predicted molar refractivity (Wildman–Crippen MR) is 97.6 cm³/mol. The van der Waals surface area contributed by atoms with Crippen molar-refractivity contribution in [3.63, 3.8) is 0 Å². The maximum atomic E-state index is 12.7. The zero-order valence-electron chi connectivity index (χ0n) is 14.2. The Hall–Kier alpha value is -2.68. The molecular formula is C22H22O3. The molecule has 0 saturated heterocycles. The molecule has 1 atom stereocenters. The third-order valence-corrected chi connectivity index (χ3v) is 4.72. The molecule has 3 nitrogen and oxygen atoms in total. The molecule has 0 N–H and O–H groups in total. The van der Waals surface area contributed by atoms with Gasteiger partial charge in [-0.05, 0) is 30.4 Å². The lowest BCUT2D eigenvalue weighted by Gasteiger charge is -2.23. The fourth-order valence-electron chi connectivity index (χ4n) is 3.27. The van der Waals surface area contributed by atoms with Crippen LogP contribution < -0.4 is 0 Å². The van der Waals surface area contributed by atoms with Crippen LogP contribution in [0.4, 0.5) is 0 Å². The Kier molecular flexibility index (Phi) is 5.44. The molecular weight excluding hydrogens is 312 g/mol. The smallest absolute Gasteiger partial charge is 0.320 e. The third kappa shape index (κ3) is 4.05. The number of carbonyl (C=O) groups is 2. The molecule has 0 aliphatic heterocycles. The van der Waals surface area contributed by atoms with Crippen LogP contribution in [0.5, 0.6) is 0 Å². The van der Waals surface area contributed by atoms with Crippen molar-refractivity contribution in [2.24, 2.45) is 5.41 Å². The van der Waals surface area contributed by atoms with Crippen molar-refractivity contribution < 1.29 is 14.3 Å². The minimum atomic E-state index is -1.01. The fraction of sp³-hybridized carbons (Fsp3) is 0.273. The van der Waals surface area contributed by atoms with Crippen LogP contribution in [0.1, 0.15) is 36.8 Å². The van der Waals surface area contributed by atoms with Crippen molar-refractivity contribution in [3.05, 3.63) is 77.9 Å². The van der Waals surface area contributed by atoms with Gasteiger partial charge in [0.05, 0.1) is 0 Å². The zero-order valence-corrected chi connectivity index (χ0v) is 14.2. The molecule has 0 heterocycles. The van der Waals surface area contributed by atoms with Crippen molar-refractivity contribution in [1.82, 2.24) is 0 Å². The van der Waals surface area contributed by atoms with Crippen molar-refractivity contribution in [2.45, 2.75) is 32.3 Å². The van der Waals surface area contributed by atoms with E-state index >= 15 is 0 Å². The van der Waals surface area contributed by atoms with Crippen LogP contribution in [0.3, 0.4) is 0 Å². The Morgan fingerprint density at radius 2 is 1.72 bits per heavy atom. The van der Waals surface area contributed by atoms with Gasteiger partial charge in [0.25, 0.3) is 0 Å². The Bertz CT molecular complexity index is 749. The lowest BCUT2D eigenvalue weighted by Crippen LogP contribution is -2.36. The first kappa shape index (κ1) is 17.2. The standard InChI is InChI=1S/C22H22O3/c23-20-14-8-16-22(20,15-7-13-18-9-3-1-4-10-18)21(24)25-17-19-11-5-2-6-12-19/h1-7,9-13H,8,14-17H2/b13-7+/t22-/m1/s1. The minimum absolute atomic E-state index is 0.00303. The highest BCUT2D eigenvalue weighted by atomic mass is 16.5. The van der Waals surface area contributed by atoms with E-state index in [1.54, 1.807) is 0 Å². The van der Waals surface area contributed by atoms with E-state index in [-0.39, 0.29) is 12.4 Å². The average molecular weight is 334 g/mol. The number of benzene rings is 2. The molecule has 2 aromatic carbocycles. The van der Waals surface area contributed by atoms with E-state index in [4.69, 9.17) is 4.74 Å². The molecule has 0 unspecified atom stereocenters. The van der Waals surface area contributed by atoms with Gasteiger partial charge in [0.2, 0.25) is 0 Å². The second-order valence-electron chi connectivity index (χ2n) is 6.44. The first-order valence-corrected chi connectivity index (χ1v) is 8.67. The molecule has 128 valence electrons. The van der Waals surface area contributed by atoms with Gasteiger partial charge in [-0.25, -0.2) is 0 Å². The minimum Gasteiger partial charge on any atom is -0.460 e. The maximum Gasteiger partial charge on any atom is 0.320 e. The van der Waals surface area contributed by atoms with Crippen molar-refractivity contribution in [3.8, 4) is 0 Å². The van der Waals surface area contributed by atoms with E-state index in [9.17, 15) is 9.59 Å². The first-order valence-electron chi connectivity index (χ1n) is 8.67. The molecule has 3 heteroatoms. The van der Waals surface area contributed by atoms with Gasteiger partial charge in [0, 0.05) is 6.42 Å². The second-order valence-corrected chi connectivity index (χ2v) is 6.44. The predicted octanol–water partition coefficient (Wildman–Crippen LogP) is 4.57. The molecule has 1 aliphatic rings. The number of ether oxygens (including phenoxy) is 1. The molecule has 25 heavy (non-hydrogen) atoms. The van der Waals surface area contributed by atoms with Crippen molar-refractivity contribution in [1.29, 1.82) is 0 Å². The van der Waals surface area contributed by atoms with Gasteiger partial charge < -0.3 is 4.74 Å². The molecule has 3 rings (SSSR count). The summed E-state index contributed by atoms with van der Waals surface area (Å²) >= 11 is 0. The van der Waals surface area contributed by atoms with Crippen LogP contribution >= 0.6 is 0 Å². The van der Waals surface area contributed by atoms with Crippen LogP contribution in [0.15, 0.2) is 66.7 Å². The van der Waals surface area contributed by atoms with Crippen molar-refractivity contribution >= 4 is 17.8 Å². The highest BCUT2D eigenvalue weighted by Gasteiger charge is 2.48. The second kappa shape index (κ2) is 7.93. The van der Waals surface area contributed by atoms with Crippen LogP contribution in [-0.4, -0.2) is 11.8 Å². The van der Waals surface area contributed by atoms with E-state index in [1.165, 1.54) is 0 Å². The first-order chi connectivity index (χ1) is 12.2. The van der Waals surface area contributed by atoms with Gasteiger partial charge in [-0.15, -0.1) is 0 Å². The van der Waals surface area contributed by atoms with Crippen LogP contribution in [-0.2, 0) is 20.9 Å². The highest BCUT2D eigenvalue weighted by Crippen LogP contribution is 2.40. The molecule has 0 amide bonds. The van der Waals surface area contributed by atoms with E-state index in [0.29, 0.717) is 19.3 Å². The van der Waals surface area contributed by atoms with E-state index in [1.807, 2.05) is 72.8 Å². The monoisotopic (exact) mass is 334 g/mol. The highest BCUT2D eigenvalue weighted by molar-refractivity contribution is 6.05. The Balaban J connectivity index is 1.69. The Morgan fingerprint density at radius 3 is 2.36 bits per heavy atom. The Labute approximate surface area is 148 Å². The van der Waals surface area contributed by atoms with Gasteiger partial charge >= 0.3 is 5.97 Å². The van der Waals surface area contributed by atoms with E-state index in [0.717, 1.165) is 17.5 Å². The number of hydrogen-bond acceptors (Lipinski definition) is 3. The quantitative estimate of drug-likeness (QED) is 0.574. The van der Waals surface area contributed by atoms with Crippen LogP contribution in [0.25, 0.3) is 6.08 Å². The number of allylic oxidation sites excluding steroid dienone is 1. The SMILES string of the molecule is O=C1CCC[C@@]1(C/C=C/c1ccccc1)C(=O)OCc1ccccc1. The van der Waals surface area contributed by atoms with Crippen LogP contribution in [0.2, 0.25) is 0 Å². The summed E-state index contributed by atoms with van der Waals surface area (Å²) in [4.78, 5) is 25.2. The zero-order chi connectivity index (χ0) is 17.5. The summed E-state index contributed by atoms with van der Waals surface area (Å²) in [7, 11) is 0. The molecule has 0 bridgehead atoms. The van der Waals surface area contributed by atoms with E-state index < -0.39 is 11.4 Å². The summed E-state index contributed by atoms with van der Waals surface area (Å²) < 4.78 is 5.49. The normalized spacial score (nSPS) is 20.1. The fourth-order valence-corrected chi connectivity index (χ4v) is 3.27. The summed E-state index contributed by atoms with van der Waals surface area (Å²) in [6, 6.07) is 19.4. The van der Waals surface area contributed by atoms with Gasteiger partial charge in [-0.1, -0.05) is 72.8 Å². The number of esters is 1. The topological polar surface area (TPSA) is 43.4 Å². The molecule has 0 spiro atoms. The molecule has 1 saturated carbocycles. The molecule has 2 aromatic rings. The number of hydrogen-bond donors (Lipinski definition) is 0. The largest absolute Gasteiger partial charge is 0.460 e. The molecule has 0 radical (unpaired) electrons. The summed E-state index contributed by atoms with van der Waals surface area (Å²) in [5.74, 6) is -0.389. The maximum absolute atomic E-state index is 12.7. The third-order valence-electron chi connectivity index (χ3n) is 4.72. The van der Waals surface area contributed by atoms with Gasteiger partial charge in [0.1, 0.15) is 12.0 Å². The summed E-state index contributed by atoms with van der Waals surface area (Å²) in [6.07, 6.45) is 6.05. The summed E-state index contributed by atoms with van der Waals surface area (Å²) in [6.45, 7) is 0.205. The molecule has 0 aromatic heterocycles. The van der Waals surface area contributed by atoms with Gasteiger partial charge in [0.15, 0.2) is 5.78 Å². The Morgan fingerprint density at radius 1 is 1.04 bits per heavy atom. The number of ketones is 1. The number of rotatable bonds is 6. The number of carbonyl (C=O) groups excluding carboxylic acids is 2. The molecule has 1 fully saturated rings. The average Bonchev–Trinajstić information content (AvgIpc) is 3.03. The van der Waals surface area contributed by atoms with E-state index in [2.05, 4.69) is 0 Å². The van der Waals surface area contributed by atoms with Gasteiger partial charge in [-0.3, -0.25) is 9.59 Å². The summed E-state index contributed by atoms with van der Waals surface area (Å²) in [5.41, 5.74) is 0.970. The van der Waals surface area contributed by atoms with Gasteiger partial charge in [-0.2, -0.15) is 0 Å². The molecule has 1 aliphatic carbocycles. The summed E-state index contributed by atoms with van der Waals surface area (Å²) in [5, 5.41) is 0. The lowest BCUT2D eigenvalue weighted by atomic mass is 9.81. The van der Waals surface area contributed by atoms with Crippen LogP contribution in [0, 0.1) is 5.41 Å².